The van der Waals surface area contributed by atoms with E-state index in [1.807, 2.05) is 35.7 Å². The van der Waals surface area contributed by atoms with Crippen molar-refractivity contribution >= 4 is 44.7 Å². The zero-order chi connectivity index (χ0) is 20.1. The number of fused-ring (bicyclic) bond motifs is 1. The summed E-state index contributed by atoms with van der Waals surface area (Å²) in [7, 11) is 0. The molecule has 1 amide bonds. The Morgan fingerprint density at radius 1 is 1.03 bits per heavy atom. The van der Waals surface area contributed by atoms with Gasteiger partial charge in [-0.1, -0.05) is 60.1 Å². The van der Waals surface area contributed by atoms with Crippen LogP contribution in [0, 0.1) is 0 Å². The number of anilines is 1. The van der Waals surface area contributed by atoms with Gasteiger partial charge in [0.2, 0.25) is 5.91 Å². The van der Waals surface area contributed by atoms with Gasteiger partial charge in [0.1, 0.15) is 5.75 Å². The number of carbonyl (C=O) groups is 1. The number of rotatable bonds is 7. The summed E-state index contributed by atoms with van der Waals surface area (Å²) in [5.41, 5.74) is 1.90. The number of benzene rings is 3. The van der Waals surface area contributed by atoms with Crippen LogP contribution in [0.2, 0.25) is 5.02 Å². The molecule has 0 aliphatic heterocycles. The number of aromatic nitrogens is 1. The van der Waals surface area contributed by atoms with Crippen molar-refractivity contribution in [2.24, 2.45) is 0 Å². The minimum Gasteiger partial charge on any atom is -0.492 e. The second-order valence-electron chi connectivity index (χ2n) is 6.53. The summed E-state index contributed by atoms with van der Waals surface area (Å²) in [6.45, 7) is 0.428. The Morgan fingerprint density at radius 3 is 2.69 bits per heavy atom. The number of thiazole rings is 1. The molecule has 0 aliphatic carbocycles. The topological polar surface area (TPSA) is 51.2 Å². The van der Waals surface area contributed by atoms with E-state index >= 15 is 0 Å². The summed E-state index contributed by atoms with van der Waals surface area (Å²) in [5, 5.41) is 8.36. The number of hydrogen-bond donors (Lipinski definition) is 1. The molecule has 4 rings (SSSR count). The standard InChI is InChI=1S/C23H19ClN2O2S/c24-19-8-3-4-9-21(19)28-13-5-10-22(27)26-23-25-20(15-29-23)18-12-11-16-6-1-2-7-17(16)14-18/h1-4,6-9,11-12,14-15H,5,10,13H2,(H,25,26,27). The molecule has 6 heteroatoms. The molecule has 0 fully saturated rings. The minimum atomic E-state index is -0.0767. The van der Waals surface area contributed by atoms with Crippen LogP contribution in [0.25, 0.3) is 22.0 Å². The summed E-state index contributed by atoms with van der Waals surface area (Å²) in [6.07, 6.45) is 0.954. The molecule has 4 aromatic rings. The monoisotopic (exact) mass is 422 g/mol. The number of nitrogens with one attached hydrogen (secondary N) is 1. The number of nitrogens with zero attached hydrogens (tertiary/aromatic N) is 1. The average molecular weight is 423 g/mol. The number of halogens is 1. The van der Waals surface area contributed by atoms with Crippen LogP contribution in [0.5, 0.6) is 5.75 Å². The van der Waals surface area contributed by atoms with Crippen molar-refractivity contribution in [3.63, 3.8) is 0 Å². The maximum Gasteiger partial charge on any atom is 0.226 e. The van der Waals surface area contributed by atoms with Gasteiger partial charge >= 0.3 is 0 Å². The van der Waals surface area contributed by atoms with Crippen LogP contribution in [-0.2, 0) is 4.79 Å². The third-order valence-electron chi connectivity index (χ3n) is 4.44. The van der Waals surface area contributed by atoms with Crippen molar-refractivity contribution in [2.45, 2.75) is 12.8 Å². The lowest BCUT2D eigenvalue weighted by Crippen LogP contribution is -2.12. The van der Waals surface area contributed by atoms with E-state index in [2.05, 4.69) is 40.6 Å². The third kappa shape index (κ3) is 4.94. The van der Waals surface area contributed by atoms with E-state index in [4.69, 9.17) is 16.3 Å². The molecule has 0 atom stereocenters. The SMILES string of the molecule is O=C(CCCOc1ccccc1Cl)Nc1nc(-c2ccc3ccccc3c2)cs1. The Bertz CT molecular complexity index is 1140. The lowest BCUT2D eigenvalue weighted by Gasteiger charge is -2.07. The molecule has 0 unspecified atom stereocenters. The zero-order valence-corrected chi connectivity index (χ0v) is 17.2. The first kappa shape index (κ1) is 19.4. The first-order chi connectivity index (χ1) is 14.2. The Labute approximate surface area is 178 Å². The predicted molar refractivity (Wildman–Crippen MR) is 120 cm³/mol. The maximum absolute atomic E-state index is 12.2. The number of para-hydroxylation sites is 1. The lowest BCUT2D eigenvalue weighted by molar-refractivity contribution is -0.116. The zero-order valence-electron chi connectivity index (χ0n) is 15.6. The summed E-state index contributed by atoms with van der Waals surface area (Å²) in [5.74, 6) is 0.557. The smallest absolute Gasteiger partial charge is 0.226 e. The molecule has 0 aliphatic rings. The van der Waals surface area contributed by atoms with Gasteiger partial charge in [-0.25, -0.2) is 4.98 Å². The summed E-state index contributed by atoms with van der Waals surface area (Å²) >= 11 is 7.47. The number of carbonyl (C=O) groups excluding carboxylic acids is 1. The van der Waals surface area contributed by atoms with Gasteiger partial charge in [-0.05, 0) is 35.4 Å². The van der Waals surface area contributed by atoms with Crippen LogP contribution < -0.4 is 10.1 Å². The fourth-order valence-electron chi connectivity index (χ4n) is 2.97. The van der Waals surface area contributed by atoms with Crippen LogP contribution in [0.15, 0.2) is 72.1 Å². The van der Waals surface area contributed by atoms with Gasteiger partial charge in [-0.2, -0.15) is 0 Å². The Kier molecular flexibility index (Phi) is 6.08. The fourth-order valence-corrected chi connectivity index (χ4v) is 3.90. The second-order valence-corrected chi connectivity index (χ2v) is 7.80. The third-order valence-corrected chi connectivity index (χ3v) is 5.51. The second kappa shape index (κ2) is 9.07. The molecule has 1 heterocycles. The highest BCUT2D eigenvalue weighted by Gasteiger charge is 2.09. The average Bonchev–Trinajstić information content (AvgIpc) is 3.20. The van der Waals surface area contributed by atoms with Crippen molar-refractivity contribution in [3.8, 4) is 17.0 Å². The van der Waals surface area contributed by atoms with Crippen molar-refractivity contribution in [2.75, 3.05) is 11.9 Å². The Balaban J connectivity index is 1.30. The van der Waals surface area contributed by atoms with Crippen LogP contribution in [0.1, 0.15) is 12.8 Å². The van der Waals surface area contributed by atoms with Gasteiger partial charge < -0.3 is 10.1 Å². The van der Waals surface area contributed by atoms with Gasteiger partial charge in [0.05, 0.1) is 17.3 Å². The Hall–Kier alpha value is -2.89. The molecule has 3 aromatic carbocycles. The van der Waals surface area contributed by atoms with E-state index in [9.17, 15) is 4.79 Å². The van der Waals surface area contributed by atoms with Gasteiger partial charge in [0.25, 0.3) is 0 Å². The first-order valence-electron chi connectivity index (χ1n) is 9.31. The van der Waals surface area contributed by atoms with Crippen molar-refractivity contribution in [3.05, 3.63) is 77.1 Å². The van der Waals surface area contributed by atoms with Crippen LogP contribution in [0.4, 0.5) is 5.13 Å². The highest BCUT2D eigenvalue weighted by Crippen LogP contribution is 2.28. The maximum atomic E-state index is 12.2. The first-order valence-corrected chi connectivity index (χ1v) is 10.6. The van der Waals surface area contributed by atoms with Gasteiger partial charge in [-0.3, -0.25) is 4.79 Å². The van der Waals surface area contributed by atoms with Gasteiger partial charge in [-0.15, -0.1) is 11.3 Å². The molecule has 0 radical (unpaired) electrons. The summed E-state index contributed by atoms with van der Waals surface area (Å²) in [4.78, 5) is 16.7. The molecule has 1 aromatic heterocycles. The Morgan fingerprint density at radius 2 is 1.83 bits per heavy atom. The van der Waals surface area contributed by atoms with Crippen LogP contribution >= 0.6 is 22.9 Å². The van der Waals surface area contributed by atoms with E-state index in [1.165, 1.54) is 22.1 Å². The molecular formula is C23H19ClN2O2S. The van der Waals surface area contributed by atoms with E-state index in [1.54, 1.807) is 6.07 Å². The molecular weight excluding hydrogens is 404 g/mol. The molecule has 1 N–H and O–H groups in total. The highest BCUT2D eigenvalue weighted by molar-refractivity contribution is 7.14. The van der Waals surface area contributed by atoms with E-state index in [-0.39, 0.29) is 5.91 Å². The molecule has 0 saturated carbocycles. The molecule has 0 spiro atoms. The van der Waals surface area contributed by atoms with E-state index in [0.29, 0.717) is 35.4 Å². The number of hydrogen-bond acceptors (Lipinski definition) is 4. The van der Waals surface area contributed by atoms with Crippen molar-refractivity contribution < 1.29 is 9.53 Å². The lowest BCUT2D eigenvalue weighted by atomic mass is 10.1. The van der Waals surface area contributed by atoms with Gasteiger partial charge in [0.15, 0.2) is 5.13 Å². The van der Waals surface area contributed by atoms with Crippen LogP contribution in [-0.4, -0.2) is 17.5 Å². The van der Waals surface area contributed by atoms with Gasteiger partial charge in [0, 0.05) is 17.4 Å². The van der Waals surface area contributed by atoms with E-state index in [0.717, 1.165) is 11.3 Å². The molecule has 0 bridgehead atoms. The molecule has 4 nitrogen and oxygen atoms in total. The minimum absolute atomic E-state index is 0.0767. The normalized spacial score (nSPS) is 10.8. The molecule has 29 heavy (non-hydrogen) atoms. The highest BCUT2D eigenvalue weighted by atomic mass is 35.5. The fraction of sp³-hybridized carbons (Fsp3) is 0.130. The quantitative estimate of drug-likeness (QED) is 0.350. The largest absolute Gasteiger partial charge is 0.492 e. The van der Waals surface area contributed by atoms with Crippen molar-refractivity contribution in [1.82, 2.24) is 4.98 Å². The number of amides is 1. The van der Waals surface area contributed by atoms with Crippen LogP contribution in [0.3, 0.4) is 0 Å². The van der Waals surface area contributed by atoms with E-state index < -0.39 is 0 Å². The summed E-state index contributed by atoms with van der Waals surface area (Å²) in [6, 6.07) is 21.8. The molecule has 146 valence electrons. The number of ether oxygens (including phenoxy) is 1. The molecule has 0 saturated heterocycles. The van der Waals surface area contributed by atoms with Crippen molar-refractivity contribution in [1.29, 1.82) is 0 Å². The predicted octanol–water partition coefficient (Wildman–Crippen LogP) is 6.41. The summed E-state index contributed by atoms with van der Waals surface area (Å²) < 4.78 is 5.61.